The van der Waals surface area contributed by atoms with Crippen LogP contribution in [0.1, 0.15) is 56.4 Å². The number of ether oxygens (including phenoxy) is 2. The van der Waals surface area contributed by atoms with Crippen molar-refractivity contribution in [3.63, 3.8) is 0 Å². The highest BCUT2D eigenvalue weighted by Crippen LogP contribution is 2.43. The number of likely N-dealkylation sites (tertiary alicyclic amines) is 1. The molecule has 3 heterocycles. The van der Waals surface area contributed by atoms with Crippen molar-refractivity contribution in [3.05, 3.63) is 42.1 Å². The molecule has 1 saturated heterocycles. The number of carbonyl (C=O) groups excluding carboxylic acids is 1. The molecule has 10 heteroatoms. The van der Waals surface area contributed by atoms with E-state index < -0.39 is 11.9 Å². The van der Waals surface area contributed by atoms with Crippen LogP contribution in [0.3, 0.4) is 0 Å². The molecule has 2 aliphatic heterocycles. The Bertz CT molecular complexity index is 1120. The lowest BCUT2D eigenvalue weighted by Crippen LogP contribution is -2.45. The first-order valence-electron chi connectivity index (χ1n) is 14.5. The van der Waals surface area contributed by atoms with Gasteiger partial charge in [0.1, 0.15) is 6.26 Å². The molecule has 10 nitrogen and oxygen atoms in total. The van der Waals surface area contributed by atoms with Crippen molar-refractivity contribution < 1.29 is 33.1 Å². The molecule has 1 aromatic carbocycles. The Balaban J connectivity index is 1.52. The maximum absolute atomic E-state index is 13.7. The van der Waals surface area contributed by atoms with E-state index in [4.69, 9.17) is 13.9 Å². The number of quaternary nitrogens is 1. The van der Waals surface area contributed by atoms with Crippen molar-refractivity contribution in [2.45, 2.75) is 57.4 Å². The summed E-state index contributed by atoms with van der Waals surface area (Å²) in [5, 5.41) is 10.4. The zero-order chi connectivity index (χ0) is 28.7. The predicted octanol–water partition coefficient (Wildman–Crippen LogP) is 3.62. The van der Waals surface area contributed by atoms with Gasteiger partial charge >= 0.3 is 5.97 Å². The van der Waals surface area contributed by atoms with Gasteiger partial charge in [-0.3, -0.25) is 14.5 Å². The lowest BCUT2D eigenvalue weighted by Gasteiger charge is -2.30. The molecule has 1 fully saturated rings. The van der Waals surface area contributed by atoms with E-state index in [2.05, 4.69) is 38.0 Å². The number of carboxylic acid groups (broad SMARTS) is 1. The molecule has 3 atom stereocenters. The molecule has 0 spiro atoms. The highest BCUT2D eigenvalue weighted by Gasteiger charge is 2.47. The number of carbonyl (C=O) groups is 2. The fraction of sp³-hybridized carbons (Fsp3) is 0.633. The smallest absolute Gasteiger partial charge is 0.308 e. The average molecular weight is 558 g/mol. The highest BCUT2D eigenvalue weighted by atomic mass is 16.7. The van der Waals surface area contributed by atoms with E-state index in [1.807, 2.05) is 23.1 Å². The summed E-state index contributed by atoms with van der Waals surface area (Å²) in [6.45, 7) is 5.47. The number of oxazole rings is 1. The van der Waals surface area contributed by atoms with Gasteiger partial charge in [0.15, 0.2) is 17.4 Å². The first-order valence-corrected chi connectivity index (χ1v) is 14.5. The van der Waals surface area contributed by atoms with Gasteiger partial charge in [0.2, 0.25) is 12.7 Å². The second kappa shape index (κ2) is 13.5. The predicted molar refractivity (Wildman–Crippen MR) is 150 cm³/mol. The Morgan fingerprint density at radius 1 is 1.12 bits per heavy atom. The normalized spacial score (nSPS) is 20.6. The number of unbranched alkanes of at least 4 members (excludes halogenated alkanes) is 2. The SMILES string of the molecule is CCCCN(CCCC[N+](C)(C)C)C(=O)CN1CC(c2ccc3c(c2)OCO3)C(C(=O)O)C1CCc1ncco1. The van der Waals surface area contributed by atoms with Gasteiger partial charge in [-0.25, -0.2) is 4.98 Å². The molecule has 1 amide bonds. The molecule has 2 aromatic rings. The summed E-state index contributed by atoms with van der Waals surface area (Å²) in [4.78, 5) is 34.7. The summed E-state index contributed by atoms with van der Waals surface area (Å²) >= 11 is 0. The van der Waals surface area contributed by atoms with Gasteiger partial charge in [-0.15, -0.1) is 0 Å². The van der Waals surface area contributed by atoms with Crippen LogP contribution < -0.4 is 9.47 Å². The molecule has 0 saturated carbocycles. The number of rotatable bonds is 15. The van der Waals surface area contributed by atoms with E-state index in [1.165, 1.54) is 6.26 Å². The Hall–Kier alpha value is -3.11. The van der Waals surface area contributed by atoms with E-state index in [0.717, 1.165) is 55.4 Å². The molecule has 4 rings (SSSR count). The van der Waals surface area contributed by atoms with Crippen LogP contribution in [0.4, 0.5) is 0 Å². The van der Waals surface area contributed by atoms with Gasteiger partial charge in [-0.1, -0.05) is 19.4 Å². The molecule has 3 unspecified atom stereocenters. The number of aliphatic carboxylic acids is 1. The van der Waals surface area contributed by atoms with Crippen LogP contribution >= 0.6 is 0 Å². The fourth-order valence-electron chi connectivity index (χ4n) is 5.85. The van der Waals surface area contributed by atoms with Crippen molar-refractivity contribution in [2.75, 3.05) is 60.7 Å². The number of hydrogen-bond acceptors (Lipinski definition) is 7. The van der Waals surface area contributed by atoms with Crippen LogP contribution in [0.2, 0.25) is 0 Å². The van der Waals surface area contributed by atoms with Crippen LogP contribution in [0.5, 0.6) is 11.5 Å². The van der Waals surface area contributed by atoms with Crippen molar-refractivity contribution in [2.24, 2.45) is 5.92 Å². The van der Waals surface area contributed by atoms with Gasteiger partial charge < -0.3 is 28.4 Å². The largest absolute Gasteiger partial charge is 0.481 e. The molecule has 0 bridgehead atoms. The minimum atomic E-state index is -0.863. The average Bonchev–Trinajstić information content (AvgIpc) is 3.66. The summed E-state index contributed by atoms with van der Waals surface area (Å²) in [7, 11) is 6.55. The van der Waals surface area contributed by atoms with E-state index in [9.17, 15) is 14.7 Å². The topological polar surface area (TPSA) is 105 Å². The molecule has 0 radical (unpaired) electrons. The molecule has 1 N–H and O–H groups in total. The van der Waals surface area contributed by atoms with Crippen LogP contribution in [0, 0.1) is 5.92 Å². The van der Waals surface area contributed by atoms with E-state index in [-0.39, 0.29) is 31.2 Å². The van der Waals surface area contributed by atoms with Crippen LogP contribution in [0.15, 0.2) is 35.1 Å². The van der Waals surface area contributed by atoms with Gasteiger partial charge in [0.05, 0.1) is 46.3 Å². The van der Waals surface area contributed by atoms with Crippen LogP contribution in [0.25, 0.3) is 0 Å². The molecular weight excluding hydrogens is 512 g/mol. The standard InChI is InChI=1S/C30H44N4O6/c1-5-6-14-32(15-7-8-16-34(2,3)4)28(35)20-33-19-23(22-9-11-25-26(18-22)40-21-39-25)29(30(36)37)24(33)10-12-27-31-13-17-38-27/h9,11,13,17-18,23-24,29H,5-8,10,12,14-16,19-21H2,1-4H3/p+1. The summed E-state index contributed by atoms with van der Waals surface area (Å²) < 4.78 is 17.4. The molecule has 220 valence electrons. The maximum Gasteiger partial charge on any atom is 0.308 e. The Morgan fingerprint density at radius 2 is 1.90 bits per heavy atom. The summed E-state index contributed by atoms with van der Waals surface area (Å²) in [6.07, 6.45) is 8.13. The van der Waals surface area contributed by atoms with E-state index in [1.54, 1.807) is 6.20 Å². The van der Waals surface area contributed by atoms with E-state index in [0.29, 0.717) is 36.8 Å². The quantitative estimate of drug-likeness (QED) is 0.262. The molecule has 0 aliphatic carbocycles. The first-order chi connectivity index (χ1) is 19.2. The van der Waals surface area contributed by atoms with Crippen molar-refractivity contribution in [1.82, 2.24) is 14.8 Å². The van der Waals surface area contributed by atoms with Gasteiger partial charge in [-0.05, 0) is 43.4 Å². The van der Waals surface area contributed by atoms with Gasteiger partial charge in [-0.2, -0.15) is 0 Å². The van der Waals surface area contributed by atoms with Gasteiger partial charge in [0.25, 0.3) is 0 Å². The fourth-order valence-corrected chi connectivity index (χ4v) is 5.85. The van der Waals surface area contributed by atoms with Crippen LogP contribution in [-0.2, 0) is 16.0 Å². The monoisotopic (exact) mass is 557 g/mol. The van der Waals surface area contributed by atoms with Crippen LogP contribution in [-0.4, -0.2) is 103 Å². The van der Waals surface area contributed by atoms with Crippen molar-refractivity contribution in [1.29, 1.82) is 0 Å². The Labute approximate surface area is 237 Å². The molecule has 40 heavy (non-hydrogen) atoms. The van der Waals surface area contributed by atoms with Crippen molar-refractivity contribution in [3.8, 4) is 11.5 Å². The second-order valence-electron chi connectivity index (χ2n) is 12.0. The minimum absolute atomic E-state index is 0.0651. The number of aryl methyl sites for hydroxylation is 1. The number of carboxylic acids is 1. The highest BCUT2D eigenvalue weighted by molar-refractivity contribution is 5.79. The lowest BCUT2D eigenvalue weighted by atomic mass is 9.83. The summed E-state index contributed by atoms with van der Waals surface area (Å²) in [5.74, 6) is 0.0991. The maximum atomic E-state index is 13.7. The summed E-state index contributed by atoms with van der Waals surface area (Å²) in [5.41, 5.74) is 0.885. The number of fused-ring (bicyclic) bond motifs is 1. The first kappa shape index (κ1) is 29.9. The zero-order valence-electron chi connectivity index (χ0n) is 24.4. The number of nitrogens with zero attached hydrogens (tertiary/aromatic N) is 4. The third-order valence-electron chi connectivity index (χ3n) is 7.98. The summed E-state index contributed by atoms with van der Waals surface area (Å²) in [6, 6.07) is 5.32. The Kier molecular flexibility index (Phi) is 10.1. The van der Waals surface area contributed by atoms with Gasteiger partial charge in [0, 0.05) is 38.0 Å². The van der Waals surface area contributed by atoms with Crippen molar-refractivity contribution >= 4 is 11.9 Å². The lowest BCUT2D eigenvalue weighted by molar-refractivity contribution is -0.870. The third-order valence-corrected chi connectivity index (χ3v) is 7.98. The third kappa shape index (κ3) is 7.75. The Morgan fingerprint density at radius 3 is 2.60 bits per heavy atom. The zero-order valence-corrected chi connectivity index (χ0v) is 24.4. The molecule has 1 aromatic heterocycles. The molecule has 2 aliphatic rings. The minimum Gasteiger partial charge on any atom is -0.481 e. The molecular formula is C30H45N4O6+. The number of aromatic nitrogens is 1. The van der Waals surface area contributed by atoms with E-state index >= 15 is 0 Å². The number of benzene rings is 1. The number of hydrogen-bond donors (Lipinski definition) is 1. The number of amides is 1. The second-order valence-corrected chi connectivity index (χ2v) is 12.0.